The Hall–Kier alpha value is -1.46. The van der Waals surface area contributed by atoms with Gasteiger partial charge in [0.25, 0.3) is 0 Å². The molecule has 3 N–H and O–H groups in total. The number of aliphatic hydroxyl groups excluding tert-OH is 1. The summed E-state index contributed by atoms with van der Waals surface area (Å²) in [6.07, 6.45) is 2.72. The normalized spacial score (nSPS) is 11.9. The Labute approximate surface area is 137 Å². The Morgan fingerprint density at radius 3 is 2.68 bits per heavy atom. The van der Waals surface area contributed by atoms with Crippen LogP contribution in [0, 0.1) is 5.92 Å². The van der Waals surface area contributed by atoms with Crippen LogP contribution in [0.25, 0.3) is 0 Å². The first kappa shape index (κ1) is 18.6. The Bertz CT molecular complexity index is 474. The summed E-state index contributed by atoms with van der Waals surface area (Å²) in [5.41, 5.74) is 1.45. The Morgan fingerprint density at radius 1 is 1.36 bits per heavy atom. The molecule has 0 aromatic heterocycles. The average Bonchev–Trinajstić information content (AvgIpc) is 2.45. The van der Waals surface area contributed by atoms with Crippen molar-refractivity contribution in [2.24, 2.45) is 5.92 Å². The first-order valence-corrected chi connectivity index (χ1v) is 7.98. The first-order valence-electron chi connectivity index (χ1n) is 7.61. The SMILES string of the molecule is CCCC(CCO)CNC(=O)Nc1cccc(Cl)c1N(C)C. The topological polar surface area (TPSA) is 64.6 Å². The van der Waals surface area contributed by atoms with Crippen LogP contribution >= 0.6 is 11.6 Å². The fraction of sp³-hybridized carbons (Fsp3) is 0.562. The molecule has 124 valence electrons. The number of rotatable bonds is 8. The van der Waals surface area contributed by atoms with E-state index in [2.05, 4.69) is 17.6 Å². The van der Waals surface area contributed by atoms with Crippen molar-refractivity contribution in [1.29, 1.82) is 0 Å². The average molecular weight is 328 g/mol. The molecular formula is C16H26ClN3O2. The second-order valence-corrected chi connectivity index (χ2v) is 5.94. The van der Waals surface area contributed by atoms with Gasteiger partial charge in [0.2, 0.25) is 0 Å². The van der Waals surface area contributed by atoms with Crippen LogP contribution < -0.4 is 15.5 Å². The van der Waals surface area contributed by atoms with Crippen LogP contribution in [0.2, 0.25) is 5.02 Å². The predicted octanol–water partition coefficient (Wildman–Crippen LogP) is 3.33. The van der Waals surface area contributed by atoms with Crippen LogP contribution in [-0.2, 0) is 0 Å². The molecule has 1 rings (SSSR count). The molecule has 1 aromatic carbocycles. The lowest BCUT2D eigenvalue weighted by Crippen LogP contribution is -2.33. The van der Waals surface area contributed by atoms with Gasteiger partial charge >= 0.3 is 6.03 Å². The van der Waals surface area contributed by atoms with Crippen LogP contribution in [0.5, 0.6) is 0 Å². The van der Waals surface area contributed by atoms with Gasteiger partial charge in [0.15, 0.2) is 0 Å². The quantitative estimate of drug-likeness (QED) is 0.686. The molecule has 0 aliphatic rings. The summed E-state index contributed by atoms with van der Waals surface area (Å²) >= 11 is 6.18. The number of para-hydroxylation sites is 1. The van der Waals surface area contributed by atoms with Crippen molar-refractivity contribution < 1.29 is 9.90 Å². The second kappa shape index (κ2) is 9.54. The number of halogens is 1. The fourth-order valence-corrected chi connectivity index (χ4v) is 2.76. The van der Waals surface area contributed by atoms with Crippen LogP contribution in [0.3, 0.4) is 0 Å². The standard InChI is InChI=1S/C16H26ClN3O2/c1-4-6-12(9-10-21)11-18-16(22)19-14-8-5-7-13(17)15(14)20(2)3/h5,7-8,12,21H,4,6,9-11H2,1-3H3,(H2,18,19,22). The monoisotopic (exact) mass is 327 g/mol. The van der Waals surface area contributed by atoms with Gasteiger partial charge in [-0.2, -0.15) is 0 Å². The Morgan fingerprint density at radius 2 is 2.09 bits per heavy atom. The summed E-state index contributed by atoms with van der Waals surface area (Å²) in [5.74, 6) is 0.299. The molecule has 0 aliphatic carbocycles. The highest BCUT2D eigenvalue weighted by molar-refractivity contribution is 6.34. The summed E-state index contributed by atoms with van der Waals surface area (Å²) in [6.45, 7) is 2.80. The number of amides is 2. The molecule has 1 aromatic rings. The van der Waals surface area contributed by atoms with Gasteiger partial charge in [0, 0.05) is 27.2 Å². The van der Waals surface area contributed by atoms with E-state index in [0.717, 1.165) is 18.5 Å². The smallest absolute Gasteiger partial charge is 0.319 e. The van der Waals surface area contributed by atoms with Crippen molar-refractivity contribution in [3.8, 4) is 0 Å². The van der Waals surface area contributed by atoms with E-state index in [1.165, 1.54) is 0 Å². The molecule has 0 spiro atoms. The summed E-state index contributed by atoms with van der Waals surface area (Å²) in [6, 6.07) is 5.15. The number of aliphatic hydroxyl groups is 1. The molecule has 0 saturated carbocycles. The van der Waals surface area contributed by atoms with E-state index in [-0.39, 0.29) is 12.6 Å². The molecule has 5 nitrogen and oxygen atoms in total. The summed E-state index contributed by atoms with van der Waals surface area (Å²) in [7, 11) is 3.76. The lowest BCUT2D eigenvalue weighted by molar-refractivity contribution is 0.237. The zero-order valence-electron chi connectivity index (χ0n) is 13.5. The van der Waals surface area contributed by atoms with E-state index in [1.807, 2.05) is 25.1 Å². The van der Waals surface area contributed by atoms with E-state index < -0.39 is 0 Å². The summed E-state index contributed by atoms with van der Waals surface area (Å²) < 4.78 is 0. The van der Waals surface area contributed by atoms with E-state index in [4.69, 9.17) is 16.7 Å². The lowest BCUT2D eigenvalue weighted by atomic mass is 10.0. The molecule has 0 radical (unpaired) electrons. The predicted molar refractivity (Wildman–Crippen MR) is 92.9 cm³/mol. The molecule has 0 aliphatic heterocycles. The fourth-order valence-electron chi connectivity index (χ4n) is 2.41. The molecule has 1 atom stereocenters. The number of hydrogen-bond donors (Lipinski definition) is 3. The maximum atomic E-state index is 12.1. The molecule has 2 amide bonds. The third kappa shape index (κ3) is 5.73. The highest BCUT2D eigenvalue weighted by atomic mass is 35.5. The van der Waals surface area contributed by atoms with Crippen molar-refractivity contribution >= 4 is 29.0 Å². The number of carbonyl (C=O) groups is 1. The zero-order valence-corrected chi connectivity index (χ0v) is 14.3. The lowest BCUT2D eigenvalue weighted by Gasteiger charge is -2.20. The maximum Gasteiger partial charge on any atom is 0.319 e. The number of urea groups is 1. The van der Waals surface area contributed by atoms with E-state index in [0.29, 0.717) is 29.6 Å². The van der Waals surface area contributed by atoms with E-state index in [9.17, 15) is 4.79 Å². The summed E-state index contributed by atoms with van der Waals surface area (Å²) in [4.78, 5) is 13.9. The molecule has 0 bridgehead atoms. The third-order valence-corrected chi connectivity index (χ3v) is 3.77. The van der Waals surface area contributed by atoms with Gasteiger partial charge in [-0.3, -0.25) is 0 Å². The molecule has 0 heterocycles. The van der Waals surface area contributed by atoms with E-state index >= 15 is 0 Å². The molecule has 0 saturated heterocycles. The first-order chi connectivity index (χ1) is 10.5. The Balaban J connectivity index is 2.64. The minimum atomic E-state index is -0.260. The van der Waals surface area contributed by atoms with Crippen LogP contribution in [0.4, 0.5) is 16.2 Å². The van der Waals surface area contributed by atoms with E-state index in [1.54, 1.807) is 12.1 Å². The van der Waals surface area contributed by atoms with Crippen LogP contribution in [0.15, 0.2) is 18.2 Å². The zero-order chi connectivity index (χ0) is 16.5. The highest BCUT2D eigenvalue weighted by Gasteiger charge is 2.13. The number of anilines is 2. The number of benzene rings is 1. The largest absolute Gasteiger partial charge is 0.396 e. The Kier molecular flexibility index (Phi) is 8.06. The number of carbonyl (C=O) groups excluding carboxylic acids is 1. The number of nitrogens with zero attached hydrogens (tertiary/aromatic N) is 1. The van der Waals surface area contributed by atoms with Gasteiger partial charge in [-0.15, -0.1) is 0 Å². The van der Waals surface area contributed by atoms with Gasteiger partial charge in [-0.25, -0.2) is 4.79 Å². The maximum absolute atomic E-state index is 12.1. The van der Waals surface area contributed by atoms with Crippen LogP contribution in [0.1, 0.15) is 26.2 Å². The van der Waals surface area contributed by atoms with Crippen molar-refractivity contribution in [2.75, 3.05) is 37.5 Å². The van der Waals surface area contributed by atoms with Crippen LogP contribution in [-0.4, -0.2) is 38.4 Å². The number of hydrogen-bond acceptors (Lipinski definition) is 3. The minimum Gasteiger partial charge on any atom is -0.396 e. The highest BCUT2D eigenvalue weighted by Crippen LogP contribution is 2.32. The van der Waals surface area contributed by atoms with Crippen molar-refractivity contribution in [1.82, 2.24) is 5.32 Å². The summed E-state index contributed by atoms with van der Waals surface area (Å²) in [5, 5.41) is 15.3. The third-order valence-electron chi connectivity index (χ3n) is 3.47. The molecule has 22 heavy (non-hydrogen) atoms. The van der Waals surface area contributed by atoms with Gasteiger partial charge in [0.1, 0.15) is 0 Å². The molecule has 6 heteroatoms. The van der Waals surface area contributed by atoms with Crippen molar-refractivity contribution in [2.45, 2.75) is 26.2 Å². The van der Waals surface area contributed by atoms with Crippen molar-refractivity contribution in [3.05, 3.63) is 23.2 Å². The number of nitrogens with one attached hydrogen (secondary N) is 2. The van der Waals surface area contributed by atoms with Gasteiger partial charge < -0.3 is 20.6 Å². The molecule has 0 fully saturated rings. The molecule has 1 unspecified atom stereocenters. The van der Waals surface area contributed by atoms with Gasteiger partial charge in [-0.05, 0) is 30.9 Å². The van der Waals surface area contributed by atoms with Crippen molar-refractivity contribution in [3.63, 3.8) is 0 Å². The second-order valence-electron chi connectivity index (χ2n) is 5.53. The minimum absolute atomic E-state index is 0.146. The van der Waals surface area contributed by atoms with Gasteiger partial charge in [-0.1, -0.05) is 31.0 Å². The molecular weight excluding hydrogens is 302 g/mol. The van der Waals surface area contributed by atoms with Gasteiger partial charge in [0.05, 0.1) is 16.4 Å².